The van der Waals surface area contributed by atoms with Crippen molar-refractivity contribution < 1.29 is 19.8 Å². The molecule has 5 aromatic rings. The van der Waals surface area contributed by atoms with E-state index in [2.05, 4.69) is 18.0 Å². The van der Waals surface area contributed by atoms with Gasteiger partial charge in [0.05, 0.1) is 17.1 Å². The number of fused-ring (bicyclic) bond motifs is 2. The second-order valence-electron chi connectivity index (χ2n) is 15.6. The number of urea groups is 1. The molecule has 2 fully saturated rings. The summed E-state index contributed by atoms with van der Waals surface area (Å²) in [6.45, 7) is 10.3. The number of aliphatic carboxylic acids is 1. The van der Waals surface area contributed by atoms with E-state index in [0.29, 0.717) is 44.2 Å². The summed E-state index contributed by atoms with van der Waals surface area (Å²) in [5, 5.41) is 28.7. The molecule has 8 rings (SSSR count). The topological polar surface area (TPSA) is 120 Å². The summed E-state index contributed by atoms with van der Waals surface area (Å²) in [7, 11) is 0. The molecule has 1 aliphatic carbocycles. The minimum absolute atomic E-state index is 0.00638. The Kier molecular flexibility index (Phi) is 9.10. The first-order valence-corrected chi connectivity index (χ1v) is 19.0. The second-order valence-corrected chi connectivity index (χ2v) is 15.6. The number of hydrogen-bond acceptors (Lipinski definition) is 6. The number of carbonyl (C=O) groups is 2. The lowest BCUT2D eigenvalue weighted by atomic mass is 9.89. The summed E-state index contributed by atoms with van der Waals surface area (Å²) in [5.74, 6) is 0.297. The summed E-state index contributed by atoms with van der Waals surface area (Å²) < 4.78 is 3.66. The van der Waals surface area contributed by atoms with Gasteiger partial charge in [0.15, 0.2) is 0 Å². The van der Waals surface area contributed by atoms with Gasteiger partial charge in [-0.05, 0) is 99.5 Å². The third-order valence-electron chi connectivity index (χ3n) is 11.9. The van der Waals surface area contributed by atoms with Crippen molar-refractivity contribution in [3.63, 3.8) is 0 Å². The first kappa shape index (κ1) is 35.1. The summed E-state index contributed by atoms with van der Waals surface area (Å²) >= 11 is 0. The van der Waals surface area contributed by atoms with Crippen molar-refractivity contribution in [3.05, 3.63) is 95.1 Å². The van der Waals surface area contributed by atoms with E-state index in [9.17, 15) is 19.8 Å². The second kappa shape index (κ2) is 13.8. The highest BCUT2D eigenvalue weighted by molar-refractivity contribution is 5.94. The van der Waals surface area contributed by atoms with Gasteiger partial charge in [-0.2, -0.15) is 5.10 Å². The van der Waals surface area contributed by atoms with Crippen LogP contribution in [0.1, 0.15) is 80.4 Å². The Morgan fingerprint density at radius 1 is 0.981 bits per heavy atom. The van der Waals surface area contributed by atoms with Crippen LogP contribution in [-0.4, -0.2) is 77.5 Å². The van der Waals surface area contributed by atoms with E-state index in [1.165, 1.54) is 32.1 Å². The molecule has 1 saturated carbocycles. The normalized spacial score (nSPS) is 17.9. The maximum Gasteiger partial charge on any atom is 0.329 e. The molecule has 3 aliphatic rings. The lowest BCUT2D eigenvalue weighted by Crippen LogP contribution is -2.41. The summed E-state index contributed by atoms with van der Waals surface area (Å²) in [6, 6.07) is 19.9. The summed E-state index contributed by atoms with van der Waals surface area (Å²) in [6.07, 6.45) is 7.35. The molecular formula is C42H49N7O4. The van der Waals surface area contributed by atoms with Crippen molar-refractivity contribution >= 4 is 28.7 Å². The number of aryl methyl sites for hydroxylation is 1. The lowest BCUT2D eigenvalue weighted by Gasteiger charge is -2.34. The molecule has 0 bridgehead atoms. The van der Waals surface area contributed by atoms with Crippen LogP contribution >= 0.6 is 0 Å². The zero-order valence-corrected chi connectivity index (χ0v) is 31.1. The Morgan fingerprint density at radius 2 is 1.75 bits per heavy atom. The number of benzene rings is 2. The van der Waals surface area contributed by atoms with Crippen molar-refractivity contribution in [2.45, 2.75) is 84.5 Å². The molecule has 2 amide bonds. The van der Waals surface area contributed by atoms with Crippen molar-refractivity contribution in [2.75, 3.05) is 31.1 Å². The predicted octanol–water partition coefficient (Wildman–Crippen LogP) is 7.20. The summed E-state index contributed by atoms with van der Waals surface area (Å²) in [5.41, 5.74) is 6.68. The molecule has 11 nitrogen and oxygen atoms in total. The van der Waals surface area contributed by atoms with Gasteiger partial charge in [-0.25, -0.2) is 14.3 Å². The number of carboxylic acid groups (broad SMARTS) is 1. The molecule has 0 radical (unpaired) electrons. The molecule has 11 heteroatoms. The monoisotopic (exact) mass is 715 g/mol. The quantitative estimate of drug-likeness (QED) is 0.166. The molecule has 2 aliphatic heterocycles. The molecule has 0 spiro atoms. The fourth-order valence-corrected chi connectivity index (χ4v) is 8.70. The van der Waals surface area contributed by atoms with E-state index in [0.717, 1.165) is 62.6 Å². The highest BCUT2D eigenvalue weighted by Gasteiger charge is 2.40. The smallest absolute Gasteiger partial charge is 0.329 e. The van der Waals surface area contributed by atoms with Crippen LogP contribution in [0.25, 0.3) is 27.7 Å². The van der Waals surface area contributed by atoms with Crippen LogP contribution in [0.3, 0.4) is 0 Å². The van der Waals surface area contributed by atoms with Crippen molar-refractivity contribution in [1.82, 2.24) is 29.1 Å². The van der Waals surface area contributed by atoms with Crippen LogP contribution in [0.4, 0.5) is 10.6 Å². The average molecular weight is 716 g/mol. The number of carbonyl (C=O) groups excluding carboxylic acids is 1. The SMILES string of the molecule is Cc1nccc(-c2ccc3c(c2)cc(C(O)N2CCc4nn(-c5ccccc5)c(N5CCN(CC6CCCCC6)C5=O)c4C2)n3C(C)(C)C(=O)O)c1C. The number of aromatic nitrogens is 4. The van der Waals surface area contributed by atoms with Crippen LogP contribution < -0.4 is 4.90 Å². The van der Waals surface area contributed by atoms with Gasteiger partial charge in [-0.3, -0.25) is 14.8 Å². The van der Waals surface area contributed by atoms with Crippen molar-refractivity contribution in [1.29, 1.82) is 0 Å². The number of aliphatic hydroxyl groups excluding tert-OH is 1. The van der Waals surface area contributed by atoms with Gasteiger partial charge in [0.2, 0.25) is 0 Å². The van der Waals surface area contributed by atoms with Gasteiger partial charge in [-0.1, -0.05) is 43.5 Å². The zero-order valence-electron chi connectivity index (χ0n) is 31.1. The lowest BCUT2D eigenvalue weighted by molar-refractivity contribution is -0.145. The number of amides is 2. The fourth-order valence-electron chi connectivity index (χ4n) is 8.70. The Labute approximate surface area is 310 Å². The molecule has 1 unspecified atom stereocenters. The Balaban J connectivity index is 1.17. The van der Waals surface area contributed by atoms with E-state index in [1.807, 2.05) is 80.9 Å². The van der Waals surface area contributed by atoms with Gasteiger partial charge in [-0.15, -0.1) is 0 Å². The molecule has 2 N–H and O–H groups in total. The molecule has 3 aromatic heterocycles. The maximum absolute atomic E-state index is 14.2. The highest BCUT2D eigenvalue weighted by atomic mass is 16.4. The predicted molar refractivity (Wildman–Crippen MR) is 205 cm³/mol. The third-order valence-corrected chi connectivity index (χ3v) is 11.9. The zero-order chi connectivity index (χ0) is 37.0. The maximum atomic E-state index is 14.2. The molecule has 276 valence electrons. The van der Waals surface area contributed by atoms with Gasteiger partial charge in [0.1, 0.15) is 17.6 Å². The van der Waals surface area contributed by atoms with Crippen molar-refractivity contribution in [3.8, 4) is 16.8 Å². The Hall–Kier alpha value is -5.00. The van der Waals surface area contributed by atoms with E-state index in [1.54, 1.807) is 24.6 Å². The number of pyridine rings is 1. The average Bonchev–Trinajstić information content (AvgIpc) is 3.85. The van der Waals surface area contributed by atoms with Crippen LogP contribution in [0.15, 0.2) is 66.9 Å². The largest absolute Gasteiger partial charge is 0.480 e. The van der Waals surface area contributed by atoms with Gasteiger partial charge < -0.3 is 19.7 Å². The number of hydrogen-bond donors (Lipinski definition) is 2. The third kappa shape index (κ3) is 6.19. The Morgan fingerprint density at radius 3 is 2.51 bits per heavy atom. The molecule has 53 heavy (non-hydrogen) atoms. The number of carboxylic acids is 1. The standard InChI is InChI=1S/C42H49N7O4/c1-27-28(2)43-19-17-33(27)30-15-16-36-31(23-30)24-37(48(36)42(3,4)40(51)52)39(50)45-20-18-35-34(26-45)38(49(44-35)32-13-9-6-10-14-32)47-22-21-46(41(47)53)25-29-11-7-5-8-12-29/h6,9-10,13-17,19,23-24,29,39,50H,5,7-8,11-12,18,20-22,25-26H2,1-4H3,(H,51,52). The molecule has 1 atom stereocenters. The van der Waals surface area contributed by atoms with Crippen LogP contribution in [-0.2, 0) is 23.3 Å². The highest BCUT2D eigenvalue weighted by Crippen LogP contribution is 2.40. The van der Waals surface area contributed by atoms with Gasteiger partial charge in [0.25, 0.3) is 0 Å². The van der Waals surface area contributed by atoms with Crippen molar-refractivity contribution in [2.24, 2.45) is 5.92 Å². The van der Waals surface area contributed by atoms with Crippen LogP contribution in [0, 0.1) is 19.8 Å². The van der Waals surface area contributed by atoms with Gasteiger partial charge in [0, 0.05) is 67.5 Å². The minimum atomic E-state index is -1.35. The first-order chi connectivity index (χ1) is 25.5. The van der Waals surface area contributed by atoms with E-state index >= 15 is 0 Å². The Bertz CT molecular complexity index is 2180. The number of nitrogens with zero attached hydrogens (tertiary/aromatic N) is 7. The van der Waals surface area contributed by atoms with Crippen LogP contribution in [0.2, 0.25) is 0 Å². The minimum Gasteiger partial charge on any atom is -0.480 e. The van der Waals surface area contributed by atoms with E-state index < -0.39 is 17.7 Å². The van der Waals surface area contributed by atoms with E-state index in [-0.39, 0.29) is 6.03 Å². The van der Waals surface area contributed by atoms with Crippen LogP contribution in [0.5, 0.6) is 0 Å². The molecule has 2 aromatic carbocycles. The first-order valence-electron chi connectivity index (χ1n) is 19.0. The number of para-hydroxylation sites is 1. The molecule has 1 saturated heterocycles. The molecular weight excluding hydrogens is 667 g/mol. The van der Waals surface area contributed by atoms with E-state index in [4.69, 9.17) is 5.10 Å². The van der Waals surface area contributed by atoms with Gasteiger partial charge >= 0.3 is 12.0 Å². The molecule has 5 heterocycles. The number of rotatable bonds is 9. The number of aliphatic hydroxyl groups is 1. The summed E-state index contributed by atoms with van der Waals surface area (Å²) in [4.78, 5) is 37.2. The number of anilines is 1. The fraction of sp³-hybridized carbons (Fsp3) is 0.429.